The molecule has 3 N–H and O–H groups in total. The number of hydrogen-bond acceptors (Lipinski definition) is 4. The number of anilines is 1. The number of ether oxygens (including phenoxy) is 1. The molecule has 0 radical (unpaired) electrons. The van der Waals surface area contributed by atoms with Crippen LogP contribution in [0.5, 0.6) is 5.75 Å². The molecular formula is C24H31N3O3. The summed E-state index contributed by atoms with van der Waals surface area (Å²) in [6, 6.07) is 14.1. The molecule has 0 spiro atoms. The van der Waals surface area contributed by atoms with E-state index in [1.54, 1.807) is 6.07 Å². The fraction of sp³-hybridized carbons (Fsp3) is 0.417. The second-order valence-corrected chi connectivity index (χ2v) is 7.83. The van der Waals surface area contributed by atoms with E-state index in [-0.39, 0.29) is 11.9 Å². The molecule has 1 fully saturated rings. The number of carbonyl (C=O) groups excluding carboxylic acids is 2. The average molecular weight is 410 g/mol. The van der Waals surface area contributed by atoms with Crippen LogP contribution in [-0.4, -0.2) is 31.5 Å². The van der Waals surface area contributed by atoms with Crippen molar-refractivity contribution in [2.75, 3.05) is 24.6 Å². The Bertz CT molecular complexity index is 887. The zero-order chi connectivity index (χ0) is 21.7. The topological polar surface area (TPSA) is 84.7 Å². The minimum atomic E-state index is -0.433. The number of amides is 2. The fourth-order valence-corrected chi connectivity index (χ4v) is 4.14. The van der Waals surface area contributed by atoms with E-state index < -0.39 is 5.91 Å². The van der Waals surface area contributed by atoms with E-state index in [0.29, 0.717) is 23.8 Å². The first-order valence-corrected chi connectivity index (χ1v) is 10.6. The van der Waals surface area contributed by atoms with Gasteiger partial charge in [0.2, 0.25) is 5.91 Å². The maximum absolute atomic E-state index is 12.0. The van der Waals surface area contributed by atoms with Crippen molar-refractivity contribution in [2.45, 2.75) is 45.6 Å². The smallest absolute Gasteiger partial charge is 0.250 e. The maximum atomic E-state index is 12.0. The third-order valence-electron chi connectivity index (χ3n) is 5.71. The lowest BCUT2D eigenvalue weighted by atomic mass is 9.88. The van der Waals surface area contributed by atoms with Crippen molar-refractivity contribution in [2.24, 2.45) is 5.73 Å². The quantitative estimate of drug-likeness (QED) is 0.729. The summed E-state index contributed by atoms with van der Waals surface area (Å²) in [5.74, 6) is 0.686. The molecule has 1 aliphatic rings. The molecule has 0 saturated carbocycles. The minimum absolute atomic E-state index is 0.00489. The van der Waals surface area contributed by atoms with Crippen molar-refractivity contribution in [3.05, 3.63) is 59.2 Å². The van der Waals surface area contributed by atoms with Crippen LogP contribution in [0, 0.1) is 0 Å². The summed E-state index contributed by atoms with van der Waals surface area (Å²) < 4.78 is 5.51. The highest BCUT2D eigenvalue weighted by Crippen LogP contribution is 2.33. The van der Waals surface area contributed by atoms with Gasteiger partial charge in [-0.1, -0.05) is 24.3 Å². The van der Waals surface area contributed by atoms with Crippen molar-refractivity contribution >= 4 is 17.5 Å². The molecule has 1 heterocycles. The highest BCUT2D eigenvalue weighted by molar-refractivity contribution is 5.99. The molecule has 30 heavy (non-hydrogen) atoms. The van der Waals surface area contributed by atoms with E-state index in [4.69, 9.17) is 10.5 Å². The number of carbonyl (C=O) groups is 2. The van der Waals surface area contributed by atoms with E-state index in [1.165, 1.54) is 12.5 Å². The molecule has 160 valence electrons. The van der Waals surface area contributed by atoms with Crippen LogP contribution in [0.25, 0.3) is 0 Å². The van der Waals surface area contributed by atoms with Crippen molar-refractivity contribution < 1.29 is 14.3 Å². The second-order valence-electron chi connectivity index (χ2n) is 7.83. The molecular weight excluding hydrogens is 378 g/mol. The van der Waals surface area contributed by atoms with E-state index in [9.17, 15) is 9.59 Å². The van der Waals surface area contributed by atoms with Crippen LogP contribution in [0.4, 0.5) is 5.69 Å². The molecule has 0 aromatic heterocycles. The van der Waals surface area contributed by atoms with Crippen LogP contribution < -0.4 is 20.7 Å². The standard InChI is InChI=1S/C24H31N3O3/c1-4-30-21-9-10-23(22(15-21)24(25)29)27-13-11-20(12-14-27)19-7-5-18(6-8-19)16(2)26-17(3)28/h5-10,15-16,20H,4,11-14H2,1-3H3,(H2,25,29)(H,26,28)/t16-/m0/s1. The predicted octanol–water partition coefficient (Wildman–Crippen LogP) is 3.77. The Kier molecular flexibility index (Phi) is 6.98. The number of hydrogen-bond donors (Lipinski definition) is 2. The summed E-state index contributed by atoms with van der Waals surface area (Å²) >= 11 is 0. The Balaban J connectivity index is 1.66. The Morgan fingerprint density at radius 3 is 2.40 bits per heavy atom. The molecule has 3 rings (SSSR count). The molecule has 1 atom stereocenters. The van der Waals surface area contributed by atoms with E-state index >= 15 is 0 Å². The molecule has 2 amide bonds. The first-order valence-electron chi connectivity index (χ1n) is 10.6. The van der Waals surface area contributed by atoms with Crippen LogP contribution >= 0.6 is 0 Å². The van der Waals surface area contributed by atoms with Gasteiger partial charge in [0.15, 0.2) is 0 Å². The van der Waals surface area contributed by atoms with Crippen LogP contribution in [0.15, 0.2) is 42.5 Å². The fourth-order valence-electron chi connectivity index (χ4n) is 4.14. The summed E-state index contributed by atoms with van der Waals surface area (Å²) in [6.45, 7) is 7.71. The van der Waals surface area contributed by atoms with E-state index in [1.807, 2.05) is 26.0 Å². The van der Waals surface area contributed by atoms with Crippen molar-refractivity contribution in [1.29, 1.82) is 0 Å². The third kappa shape index (κ3) is 5.12. The summed E-state index contributed by atoms with van der Waals surface area (Å²) in [5, 5.41) is 2.92. The number of nitrogens with two attached hydrogens (primary N) is 1. The summed E-state index contributed by atoms with van der Waals surface area (Å²) in [5.41, 5.74) is 9.43. The molecule has 6 nitrogen and oxygen atoms in total. The van der Waals surface area contributed by atoms with Crippen molar-refractivity contribution in [3.8, 4) is 5.75 Å². The molecule has 2 aromatic rings. The van der Waals surface area contributed by atoms with Crippen LogP contribution in [0.2, 0.25) is 0 Å². The number of piperidine rings is 1. The zero-order valence-electron chi connectivity index (χ0n) is 18.0. The summed E-state index contributed by atoms with van der Waals surface area (Å²) in [4.78, 5) is 25.5. The Labute approximate surface area is 178 Å². The highest BCUT2D eigenvalue weighted by atomic mass is 16.5. The number of nitrogens with zero attached hydrogens (tertiary/aromatic N) is 1. The average Bonchev–Trinajstić information content (AvgIpc) is 2.74. The lowest BCUT2D eigenvalue weighted by Gasteiger charge is -2.35. The number of nitrogens with one attached hydrogen (secondary N) is 1. The van der Waals surface area contributed by atoms with Gasteiger partial charge in [-0.15, -0.1) is 0 Å². The number of primary amides is 1. The van der Waals surface area contributed by atoms with Crippen LogP contribution in [0.1, 0.15) is 67.1 Å². The monoisotopic (exact) mass is 409 g/mol. The Morgan fingerprint density at radius 2 is 1.83 bits per heavy atom. The summed E-state index contributed by atoms with van der Waals surface area (Å²) in [7, 11) is 0. The van der Waals surface area contributed by atoms with Crippen molar-refractivity contribution in [3.63, 3.8) is 0 Å². The van der Waals surface area contributed by atoms with Gasteiger partial charge in [0, 0.05) is 25.7 Å². The van der Waals surface area contributed by atoms with Gasteiger partial charge in [-0.25, -0.2) is 0 Å². The van der Waals surface area contributed by atoms with Gasteiger partial charge in [-0.3, -0.25) is 9.59 Å². The van der Waals surface area contributed by atoms with Gasteiger partial charge in [-0.2, -0.15) is 0 Å². The lowest BCUT2D eigenvalue weighted by Crippen LogP contribution is -2.34. The maximum Gasteiger partial charge on any atom is 0.250 e. The first-order chi connectivity index (χ1) is 14.4. The zero-order valence-corrected chi connectivity index (χ0v) is 18.0. The molecule has 0 aliphatic carbocycles. The van der Waals surface area contributed by atoms with Crippen LogP contribution in [-0.2, 0) is 4.79 Å². The van der Waals surface area contributed by atoms with Crippen LogP contribution in [0.3, 0.4) is 0 Å². The largest absolute Gasteiger partial charge is 0.494 e. The molecule has 1 aliphatic heterocycles. The van der Waals surface area contributed by atoms with Gasteiger partial charge in [0.25, 0.3) is 5.91 Å². The molecule has 0 unspecified atom stereocenters. The number of rotatable bonds is 7. The molecule has 0 bridgehead atoms. The third-order valence-corrected chi connectivity index (χ3v) is 5.71. The minimum Gasteiger partial charge on any atom is -0.494 e. The van der Waals surface area contributed by atoms with Gasteiger partial charge in [-0.05, 0) is 61.9 Å². The number of benzene rings is 2. The molecule has 6 heteroatoms. The highest BCUT2D eigenvalue weighted by Gasteiger charge is 2.24. The SMILES string of the molecule is CCOc1ccc(N2CCC(c3ccc([C@H](C)NC(C)=O)cc3)CC2)c(C(N)=O)c1. The van der Waals surface area contributed by atoms with Gasteiger partial charge in [0.1, 0.15) is 5.75 Å². The molecule has 1 saturated heterocycles. The van der Waals surface area contributed by atoms with E-state index in [2.05, 4.69) is 34.5 Å². The normalized spacial score (nSPS) is 15.5. The Hall–Kier alpha value is -3.02. The predicted molar refractivity (Wildman–Crippen MR) is 119 cm³/mol. The summed E-state index contributed by atoms with van der Waals surface area (Å²) in [6.07, 6.45) is 2.01. The van der Waals surface area contributed by atoms with Gasteiger partial charge >= 0.3 is 0 Å². The van der Waals surface area contributed by atoms with Gasteiger partial charge < -0.3 is 20.7 Å². The van der Waals surface area contributed by atoms with E-state index in [0.717, 1.165) is 37.2 Å². The first kappa shape index (κ1) is 21.7. The second kappa shape index (κ2) is 9.65. The van der Waals surface area contributed by atoms with Crippen molar-refractivity contribution in [1.82, 2.24) is 5.32 Å². The Morgan fingerprint density at radius 1 is 1.17 bits per heavy atom. The molecule has 2 aromatic carbocycles. The van der Waals surface area contributed by atoms with Gasteiger partial charge in [0.05, 0.1) is 18.2 Å². The lowest BCUT2D eigenvalue weighted by molar-refractivity contribution is -0.119.